The van der Waals surface area contributed by atoms with Gasteiger partial charge < -0.3 is 0 Å². The molecule has 3 nitrogen and oxygen atoms in total. The van der Waals surface area contributed by atoms with Crippen molar-refractivity contribution in [3.05, 3.63) is 101 Å². The van der Waals surface area contributed by atoms with Crippen LogP contribution in [0.3, 0.4) is 0 Å². The van der Waals surface area contributed by atoms with Gasteiger partial charge in [0.25, 0.3) is 0 Å². The van der Waals surface area contributed by atoms with Crippen LogP contribution in [0.5, 0.6) is 0 Å². The van der Waals surface area contributed by atoms with Gasteiger partial charge in [0, 0.05) is 16.1 Å². The Labute approximate surface area is 156 Å². The molecule has 4 heteroatoms. The largest absolute Gasteiger partial charge is 0.334 e. The Kier molecular flexibility index (Phi) is 3.37. The molecule has 0 bridgehead atoms. The number of carbonyl (C=O) groups is 1. The van der Waals surface area contributed by atoms with Gasteiger partial charge in [0.15, 0.2) is 0 Å². The van der Waals surface area contributed by atoms with Crippen LogP contribution >= 0.6 is 11.6 Å². The number of nitrogens with zero attached hydrogens (tertiary/aromatic N) is 2. The van der Waals surface area contributed by atoms with E-state index in [9.17, 15) is 4.79 Å². The van der Waals surface area contributed by atoms with Gasteiger partial charge in [-0.15, -0.1) is 0 Å². The van der Waals surface area contributed by atoms with Crippen molar-refractivity contribution in [2.45, 2.75) is 6.04 Å². The molecule has 0 saturated heterocycles. The van der Waals surface area contributed by atoms with E-state index in [0.717, 1.165) is 27.8 Å². The molecule has 1 atom stereocenters. The van der Waals surface area contributed by atoms with E-state index in [1.807, 2.05) is 76.2 Å². The molecule has 0 spiro atoms. The van der Waals surface area contributed by atoms with Crippen molar-refractivity contribution in [3.8, 4) is 0 Å². The number of benzene rings is 3. The Balaban J connectivity index is 1.76. The van der Waals surface area contributed by atoms with Crippen LogP contribution in [0.15, 0.2) is 84.9 Å². The molecule has 0 fully saturated rings. The number of rotatable bonds is 2. The van der Waals surface area contributed by atoms with Gasteiger partial charge in [-0.3, -0.25) is 9.47 Å². The lowest BCUT2D eigenvalue weighted by Crippen LogP contribution is -2.29. The standard InChI is InChI=1S/C22H15ClN2O/c23-17-10-12-18(13-11-17)24-21(15-6-2-1-3-7-15)20-14-16-8-4-5-9-19(16)25(20)22(24)26/h1-14,21H. The SMILES string of the molecule is O=C1N(c2ccc(Cl)cc2)C(c2ccccc2)c2cc3ccccc3n21. The predicted molar refractivity (Wildman–Crippen MR) is 105 cm³/mol. The Bertz CT molecular complexity index is 1120. The molecule has 5 rings (SSSR count). The molecule has 1 unspecified atom stereocenters. The van der Waals surface area contributed by atoms with Gasteiger partial charge in [-0.2, -0.15) is 0 Å². The first kappa shape index (κ1) is 15.2. The summed E-state index contributed by atoms with van der Waals surface area (Å²) in [6.07, 6.45) is 0. The van der Waals surface area contributed by atoms with E-state index in [0.29, 0.717) is 5.02 Å². The zero-order chi connectivity index (χ0) is 17.7. The van der Waals surface area contributed by atoms with Crippen molar-refractivity contribution >= 4 is 34.2 Å². The van der Waals surface area contributed by atoms with Crippen molar-refractivity contribution in [2.24, 2.45) is 0 Å². The van der Waals surface area contributed by atoms with Gasteiger partial charge in [0.05, 0.1) is 11.2 Å². The second kappa shape index (κ2) is 5.75. The molecule has 1 amide bonds. The topological polar surface area (TPSA) is 25.2 Å². The van der Waals surface area contributed by atoms with Crippen LogP contribution in [0.1, 0.15) is 17.3 Å². The average molecular weight is 359 g/mol. The summed E-state index contributed by atoms with van der Waals surface area (Å²) >= 11 is 6.05. The van der Waals surface area contributed by atoms with Crippen LogP contribution in [-0.2, 0) is 0 Å². The van der Waals surface area contributed by atoms with Crippen molar-refractivity contribution in [1.82, 2.24) is 4.57 Å². The Morgan fingerprint density at radius 1 is 0.808 bits per heavy atom. The second-order valence-corrected chi connectivity index (χ2v) is 6.84. The maximum atomic E-state index is 13.4. The first-order valence-electron chi connectivity index (χ1n) is 8.48. The third kappa shape index (κ3) is 2.18. The van der Waals surface area contributed by atoms with Gasteiger partial charge in [0.2, 0.25) is 0 Å². The summed E-state index contributed by atoms with van der Waals surface area (Å²) in [5.74, 6) is 0. The van der Waals surface area contributed by atoms with Gasteiger partial charge >= 0.3 is 6.03 Å². The number of carbonyl (C=O) groups excluding carboxylic acids is 1. The fraction of sp³-hybridized carbons (Fsp3) is 0.0455. The molecule has 2 heterocycles. The molecule has 1 aliphatic rings. The highest BCUT2D eigenvalue weighted by atomic mass is 35.5. The van der Waals surface area contributed by atoms with E-state index < -0.39 is 0 Å². The fourth-order valence-electron chi connectivity index (χ4n) is 3.76. The molecule has 3 aromatic carbocycles. The Morgan fingerprint density at radius 2 is 1.50 bits per heavy atom. The van der Waals surface area contributed by atoms with E-state index in [1.165, 1.54) is 0 Å². The molecule has 1 aromatic heterocycles. The maximum Gasteiger partial charge on any atom is 0.334 e. The summed E-state index contributed by atoms with van der Waals surface area (Å²) in [5.41, 5.74) is 3.83. The number of anilines is 1. The van der Waals surface area contributed by atoms with Crippen LogP contribution in [0.2, 0.25) is 5.02 Å². The highest BCUT2D eigenvalue weighted by Crippen LogP contribution is 2.41. The van der Waals surface area contributed by atoms with Crippen molar-refractivity contribution in [2.75, 3.05) is 4.90 Å². The van der Waals surface area contributed by atoms with Gasteiger partial charge in [-0.1, -0.05) is 60.1 Å². The average Bonchev–Trinajstić information content (AvgIpc) is 3.18. The molecule has 4 aromatic rings. The van der Waals surface area contributed by atoms with Crippen LogP contribution < -0.4 is 4.90 Å². The number of amides is 1. The van der Waals surface area contributed by atoms with Crippen molar-refractivity contribution in [1.29, 1.82) is 0 Å². The fourth-order valence-corrected chi connectivity index (χ4v) is 3.88. The molecule has 0 aliphatic carbocycles. The van der Waals surface area contributed by atoms with Gasteiger partial charge in [0.1, 0.15) is 6.04 Å². The number of fused-ring (bicyclic) bond motifs is 3. The van der Waals surface area contributed by atoms with E-state index >= 15 is 0 Å². The van der Waals surface area contributed by atoms with E-state index in [2.05, 4.69) is 18.2 Å². The van der Waals surface area contributed by atoms with Crippen molar-refractivity contribution < 1.29 is 4.79 Å². The number of halogens is 1. The number of para-hydroxylation sites is 1. The summed E-state index contributed by atoms with van der Waals surface area (Å²) in [7, 11) is 0. The molecular weight excluding hydrogens is 344 g/mol. The van der Waals surface area contributed by atoms with E-state index in [1.54, 1.807) is 0 Å². The summed E-state index contributed by atoms with van der Waals surface area (Å²) in [5, 5.41) is 1.73. The first-order chi connectivity index (χ1) is 12.7. The third-order valence-corrected chi connectivity index (χ3v) is 5.15. The predicted octanol–water partition coefficient (Wildman–Crippen LogP) is 5.87. The quantitative estimate of drug-likeness (QED) is 0.439. The van der Waals surface area contributed by atoms with Crippen LogP contribution in [0.4, 0.5) is 10.5 Å². The molecule has 126 valence electrons. The first-order valence-corrected chi connectivity index (χ1v) is 8.86. The second-order valence-electron chi connectivity index (χ2n) is 6.41. The molecule has 0 N–H and O–H groups in total. The van der Waals surface area contributed by atoms with Crippen molar-refractivity contribution in [3.63, 3.8) is 0 Å². The highest BCUT2D eigenvalue weighted by Gasteiger charge is 2.39. The number of hydrogen-bond acceptors (Lipinski definition) is 1. The molecule has 1 aliphatic heterocycles. The molecular formula is C22H15ClN2O. The minimum Gasteiger partial charge on any atom is -0.281 e. The zero-order valence-electron chi connectivity index (χ0n) is 13.8. The maximum absolute atomic E-state index is 13.4. The third-order valence-electron chi connectivity index (χ3n) is 4.90. The minimum atomic E-state index is -0.169. The van der Waals surface area contributed by atoms with E-state index in [-0.39, 0.29) is 12.1 Å². The molecule has 0 saturated carbocycles. The number of hydrogen-bond donors (Lipinski definition) is 0. The normalized spacial score (nSPS) is 16.3. The number of aromatic nitrogens is 1. The van der Waals surface area contributed by atoms with Crippen LogP contribution in [-0.4, -0.2) is 10.6 Å². The van der Waals surface area contributed by atoms with Gasteiger partial charge in [-0.25, -0.2) is 4.79 Å². The molecule has 0 radical (unpaired) electrons. The smallest absolute Gasteiger partial charge is 0.281 e. The minimum absolute atomic E-state index is 0.0441. The highest BCUT2D eigenvalue weighted by molar-refractivity contribution is 6.30. The zero-order valence-corrected chi connectivity index (χ0v) is 14.6. The van der Waals surface area contributed by atoms with Crippen LogP contribution in [0.25, 0.3) is 10.9 Å². The monoisotopic (exact) mass is 358 g/mol. The van der Waals surface area contributed by atoms with Gasteiger partial charge in [-0.05, 0) is 42.0 Å². The van der Waals surface area contributed by atoms with E-state index in [4.69, 9.17) is 11.6 Å². The lowest BCUT2D eigenvalue weighted by Gasteiger charge is -2.24. The summed E-state index contributed by atoms with van der Waals surface area (Å²) in [6.45, 7) is 0. The summed E-state index contributed by atoms with van der Waals surface area (Å²) in [6, 6.07) is 27.4. The van der Waals surface area contributed by atoms with Crippen LogP contribution in [0, 0.1) is 0 Å². The lowest BCUT2D eigenvalue weighted by molar-refractivity contribution is 0.251. The Morgan fingerprint density at radius 3 is 2.27 bits per heavy atom. The summed E-state index contributed by atoms with van der Waals surface area (Å²) < 4.78 is 1.82. The molecule has 26 heavy (non-hydrogen) atoms. The summed E-state index contributed by atoms with van der Waals surface area (Å²) in [4.78, 5) is 15.2. The Hall–Kier alpha value is -3.04. The lowest BCUT2D eigenvalue weighted by atomic mass is 10.0.